The molecule has 2 aromatic heterocycles. The number of hydrogen-bond donors (Lipinski definition) is 1. The first-order chi connectivity index (χ1) is 15.0. The van der Waals surface area contributed by atoms with Crippen LogP contribution in [0.3, 0.4) is 0 Å². The number of fused-ring (bicyclic) bond motifs is 1. The van der Waals surface area contributed by atoms with Crippen molar-refractivity contribution in [2.45, 2.75) is 20.4 Å². The number of nitriles is 1. The van der Waals surface area contributed by atoms with Gasteiger partial charge in [-0.3, -0.25) is 9.59 Å². The molecule has 2 aromatic carbocycles. The molecule has 0 radical (unpaired) electrons. The topological polar surface area (TPSA) is 92.2 Å². The third-order valence-corrected chi connectivity index (χ3v) is 5.32. The lowest BCUT2D eigenvalue weighted by Gasteiger charge is -2.08. The van der Waals surface area contributed by atoms with Crippen LogP contribution in [0.25, 0.3) is 16.8 Å². The molecule has 4 aromatic rings. The molecule has 31 heavy (non-hydrogen) atoms. The maximum Gasteiger partial charge on any atom is 0.276 e. The summed E-state index contributed by atoms with van der Waals surface area (Å²) in [5.41, 5.74) is 5.36. The molecule has 154 valence electrons. The first-order valence-corrected chi connectivity index (χ1v) is 9.91. The van der Waals surface area contributed by atoms with Gasteiger partial charge >= 0.3 is 0 Å². The van der Waals surface area contributed by atoms with Crippen LogP contribution in [-0.2, 0) is 6.54 Å². The molecule has 1 amide bonds. The average molecular weight is 411 g/mol. The highest BCUT2D eigenvalue weighted by molar-refractivity contribution is 5.94. The molecule has 1 N–H and O–H groups in total. The first kappa shape index (κ1) is 20.1. The van der Waals surface area contributed by atoms with Crippen molar-refractivity contribution in [1.82, 2.24) is 19.5 Å². The van der Waals surface area contributed by atoms with Crippen LogP contribution in [0.2, 0.25) is 0 Å². The van der Waals surface area contributed by atoms with Crippen LogP contribution in [0.1, 0.15) is 27.0 Å². The maximum absolute atomic E-state index is 12.9. The van der Waals surface area contributed by atoms with E-state index < -0.39 is 0 Å². The van der Waals surface area contributed by atoms with Crippen molar-refractivity contribution in [3.8, 4) is 17.3 Å². The van der Waals surface area contributed by atoms with Crippen LogP contribution < -0.4 is 10.9 Å². The maximum atomic E-state index is 12.9. The largest absolute Gasteiger partial charge is 0.350 e. The number of aryl methyl sites for hydroxylation is 2. The van der Waals surface area contributed by atoms with Gasteiger partial charge in [-0.25, -0.2) is 4.52 Å². The van der Waals surface area contributed by atoms with E-state index in [0.717, 1.165) is 11.3 Å². The van der Waals surface area contributed by atoms with Crippen LogP contribution in [0.5, 0.6) is 0 Å². The van der Waals surface area contributed by atoms with E-state index >= 15 is 0 Å². The molecule has 7 nitrogen and oxygen atoms in total. The number of hydrogen-bond acceptors (Lipinski definition) is 4. The quantitative estimate of drug-likeness (QED) is 0.546. The Balaban J connectivity index is 1.49. The standard InChI is InChI=1S/C24H21N5O2/c1-16-3-6-20(13-17(16)2)21-14-22-24(31)28(11-12-29(22)27-21)10-9-26-23(30)19-7-4-18(15-25)5-8-19/h3-8,11-14H,9-10H2,1-2H3,(H,26,30). The Hall–Kier alpha value is -4.18. The van der Waals surface area contributed by atoms with Crippen LogP contribution in [0.15, 0.2) is 65.7 Å². The zero-order chi connectivity index (χ0) is 22.0. The zero-order valence-corrected chi connectivity index (χ0v) is 17.3. The van der Waals surface area contributed by atoms with Crippen molar-refractivity contribution in [2.75, 3.05) is 6.54 Å². The third kappa shape index (κ3) is 4.09. The Morgan fingerprint density at radius 3 is 2.55 bits per heavy atom. The summed E-state index contributed by atoms with van der Waals surface area (Å²) in [5.74, 6) is -0.250. The molecule has 0 aliphatic heterocycles. The summed E-state index contributed by atoms with van der Waals surface area (Å²) in [6, 6.07) is 16.3. The van der Waals surface area contributed by atoms with Gasteiger partial charge in [-0.1, -0.05) is 12.1 Å². The second-order valence-electron chi connectivity index (χ2n) is 7.40. The molecule has 0 atom stereocenters. The second-order valence-corrected chi connectivity index (χ2v) is 7.40. The van der Waals surface area contributed by atoms with Gasteiger partial charge in [0.05, 0.1) is 17.3 Å². The van der Waals surface area contributed by atoms with Gasteiger partial charge in [-0.15, -0.1) is 0 Å². The van der Waals surface area contributed by atoms with Crippen molar-refractivity contribution in [1.29, 1.82) is 5.26 Å². The van der Waals surface area contributed by atoms with E-state index in [4.69, 9.17) is 5.26 Å². The number of carbonyl (C=O) groups excluding carboxylic acids is 1. The van der Waals surface area contributed by atoms with E-state index in [1.54, 1.807) is 51.8 Å². The van der Waals surface area contributed by atoms with Gasteiger partial charge < -0.3 is 9.88 Å². The number of nitrogens with zero attached hydrogens (tertiary/aromatic N) is 4. The molecule has 0 aliphatic carbocycles. The van der Waals surface area contributed by atoms with Crippen molar-refractivity contribution in [3.05, 3.63) is 93.5 Å². The average Bonchev–Trinajstić information content (AvgIpc) is 3.22. The van der Waals surface area contributed by atoms with E-state index in [9.17, 15) is 9.59 Å². The molecule has 0 fully saturated rings. The van der Waals surface area contributed by atoms with Crippen molar-refractivity contribution in [3.63, 3.8) is 0 Å². The molecule has 0 bridgehead atoms. The molecule has 0 saturated heterocycles. The lowest BCUT2D eigenvalue weighted by Crippen LogP contribution is -2.31. The van der Waals surface area contributed by atoms with Crippen LogP contribution in [0.4, 0.5) is 0 Å². The van der Waals surface area contributed by atoms with Gasteiger partial charge in [0.2, 0.25) is 0 Å². The zero-order valence-electron chi connectivity index (χ0n) is 17.3. The summed E-state index contributed by atoms with van der Waals surface area (Å²) in [4.78, 5) is 25.1. The Labute approximate surface area is 179 Å². The van der Waals surface area contributed by atoms with Crippen molar-refractivity contribution < 1.29 is 4.79 Å². The fourth-order valence-corrected chi connectivity index (χ4v) is 3.33. The normalized spacial score (nSPS) is 10.7. The highest BCUT2D eigenvalue weighted by Crippen LogP contribution is 2.21. The first-order valence-electron chi connectivity index (χ1n) is 9.91. The molecule has 2 heterocycles. The van der Waals surface area contributed by atoms with Gasteiger partial charge in [0.25, 0.3) is 11.5 Å². The van der Waals surface area contributed by atoms with Gasteiger partial charge in [0, 0.05) is 36.6 Å². The lowest BCUT2D eigenvalue weighted by molar-refractivity contribution is 0.0952. The van der Waals surface area contributed by atoms with E-state index in [2.05, 4.69) is 23.4 Å². The highest BCUT2D eigenvalue weighted by atomic mass is 16.1. The van der Waals surface area contributed by atoms with Crippen LogP contribution >= 0.6 is 0 Å². The number of rotatable bonds is 5. The predicted molar refractivity (Wildman–Crippen MR) is 118 cm³/mol. The van der Waals surface area contributed by atoms with E-state index in [1.165, 1.54) is 11.1 Å². The van der Waals surface area contributed by atoms with Gasteiger partial charge in [-0.05, 0) is 61.4 Å². The lowest BCUT2D eigenvalue weighted by atomic mass is 10.0. The predicted octanol–water partition coefficient (Wildman–Crippen LogP) is 3.08. The van der Waals surface area contributed by atoms with E-state index in [-0.39, 0.29) is 11.5 Å². The third-order valence-electron chi connectivity index (χ3n) is 5.32. The minimum absolute atomic E-state index is 0.169. The van der Waals surface area contributed by atoms with Crippen molar-refractivity contribution in [2.24, 2.45) is 0 Å². The summed E-state index contributed by atoms with van der Waals surface area (Å²) in [6.45, 7) is 4.74. The summed E-state index contributed by atoms with van der Waals surface area (Å²) in [5, 5.41) is 16.2. The smallest absolute Gasteiger partial charge is 0.276 e. The second kappa shape index (κ2) is 8.28. The Bertz CT molecular complexity index is 1370. The molecule has 4 rings (SSSR count). The van der Waals surface area contributed by atoms with E-state index in [0.29, 0.717) is 29.7 Å². The van der Waals surface area contributed by atoms with Crippen LogP contribution in [0, 0.1) is 25.2 Å². The number of carbonyl (C=O) groups is 1. The number of amides is 1. The molecular formula is C24H21N5O2. The van der Waals surface area contributed by atoms with Crippen molar-refractivity contribution >= 4 is 11.4 Å². The molecular weight excluding hydrogens is 390 g/mol. The fourth-order valence-electron chi connectivity index (χ4n) is 3.33. The molecule has 7 heteroatoms. The van der Waals surface area contributed by atoms with Gasteiger partial charge in [-0.2, -0.15) is 10.4 Å². The monoisotopic (exact) mass is 411 g/mol. The summed E-state index contributed by atoms with van der Waals surface area (Å²) in [6.07, 6.45) is 3.41. The molecule has 0 unspecified atom stereocenters. The van der Waals surface area contributed by atoms with Crippen LogP contribution in [-0.4, -0.2) is 26.6 Å². The Kier molecular flexibility index (Phi) is 5.37. The molecule has 0 spiro atoms. The minimum atomic E-state index is -0.250. The SMILES string of the molecule is Cc1ccc(-c2cc3c(=O)n(CCNC(=O)c4ccc(C#N)cc4)ccn3n2)cc1C. The van der Waals surface area contributed by atoms with Gasteiger partial charge in [0.1, 0.15) is 5.52 Å². The van der Waals surface area contributed by atoms with E-state index in [1.807, 2.05) is 25.1 Å². The fraction of sp³-hybridized carbons (Fsp3) is 0.167. The number of nitrogens with one attached hydrogen (secondary N) is 1. The summed E-state index contributed by atoms with van der Waals surface area (Å²) in [7, 11) is 0. The minimum Gasteiger partial charge on any atom is -0.350 e. The summed E-state index contributed by atoms with van der Waals surface area (Å²) < 4.78 is 3.14. The molecule has 0 aliphatic rings. The Morgan fingerprint density at radius 1 is 1.06 bits per heavy atom. The van der Waals surface area contributed by atoms with Gasteiger partial charge in [0.15, 0.2) is 0 Å². The number of benzene rings is 2. The molecule has 0 saturated carbocycles. The highest BCUT2D eigenvalue weighted by Gasteiger charge is 2.11. The summed E-state index contributed by atoms with van der Waals surface area (Å²) >= 11 is 0. The number of aromatic nitrogens is 3. The Morgan fingerprint density at radius 2 is 1.84 bits per heavy atom.